The van der Waals surface area contributed by atoms with E-state index < -0.39 is 6.61 Å². The van der Waals surface area contributed by atoms with E-state index in [2.05, 4.69) is 0 Å². The Morgan fingerprint density at radius 3 is 2.05 bits per heavy atom. The fourth-order valence-corrected chi connectivity index (χ4v) is 2.49. The summed E-state index contributed by atoms with van der Waals surface area (Å²) in [6, 6.07) is 7.49. The lowest BCUT2D eigenvalue weighted by molar-refractivity contribution is -0.141. The van der Waals surface area contributed by atoms with Crippen molar-refractivity contribution in [2.45, 2.75) is 12.8 Å². The summed E-state index contributed by atoms with van der Waals surface area (Å²) >= 11 is 5.82. The number of rotatable bonds is 4. The molecule has 0 unspecified atom stereocenters. The molecule has 0 radical (unpaired) electrons. The average molecular weight is 311 g/mol. The first kappa shape index (κ1) is 15.8. The van der Waals surface area contributed by atoms with E-state index in [-0.39, 0.29) is 11.8 Å². The fraction of sp³-hybridized carbons (Fsp3) is 0.467. The molecule has 1 fully saturated rings. The summed E-state index contributed by atoms with van der Waals surface area (Å²) in [5.41, 5.74) is 1.09. The van der Waals surface area contributed by atoms with Gasteiger partial charge in [-0.25, -0.2) is 0 Å². The second kappa shape index (κ2) is 7.43. The molecule has 1 aliphatic rings. The maximum Gasteiger partial charge on any atom is 0.248 e. The molecular weight excluding hydrogens is 292 g/mol. The highest BCUT2D eigenvalue weighted by Crippen LogP contribution is 2.12. The lowest BCUT2D eigenvalue weighted by Gasteiger charge is -2.34. The molecule has 0 aliphatic carbocycles. The minimum absolute atomic E-state index is 0.0982. The number of hydrogen-bond acceptors (Lipinski definition) is 3. The summed E-state index contributed by atoms with van der Waals surface area (Å²) in [4.78, 5) is 26.8. The third-order valence-corrected chi connectivity index (χ3v) is 3.91. The molecule has 1 saturated heterocycles. The van der Waals surface area contributed by atoms with Crippen molar-refractivity contribution in [3.63, 3.8) is 0 Å². The minimum Gasteiger partial charge on any atom is -0.387 e. The maximum atomic E-state index is 12.1. The minimum atomic E-state index is -0.468. The molecule has 0 atom stereocenters. The zero-order valence-electron chi connectivity index (χ0n) is 11.8. The molecular formula is C15H19ClN2O3. The molecule has 1 aromatic rings. The van der Waals surface area contributed by atoms with Gasteiger partial charge in [-0.05, 0) is 24.1 Å². The van der Waals surface area contributed by atoms with Gasteiger partial charge < -0.3 is 14.9 Å². The molecule has 0 saturated carbocycles. The number of hydrogen-bond donors (Lipinski definition) is 1. The Hall–Kier alpha value is -1.59. The number of aryl methyl sites for hydroxylation is 1. The molecule has 21 heavy (non-hydrogen) atoms. The Bertz CT molecular complexity index is 496. The van der Waals surface area contributed by atoms with Crippen LogP contribution in [0.15, 0.2) is 24.3 Å². The number of carbonyl (C=O) groups is 2. The van der Waals surface area contributed by atoms with E-state index in [0.29, 0.717) is 44.0 Å². The van der Waals surface area contributed by atoms with Crippen LogP contribution in [0.5, 0.6) is 0 Å². The standard InChI is InChI=1S/C15H19ClN2O3/c16-13-4-1-12(2-5-13)3-6-14(20)17-7-9-18(10-8-17)15(21)11-19/h1-2,4-5,19H,3,6-11H2. The molecule has 5 nitrogen and oxygen atoms in total. The Morgan fingerprint density at radius 2 is 1.52 bits per heavy atom. The van der Waals surface area contributed by atoms with Crippen molar-refractivity contribution in [3.05, 3.63) is 34.9 Å². The van der Waals surface area contributed by atoms with Gasteiger partial charge in [0.15, 0.2) is 0 Å². The monoisotopic (exact) mass is 310 g/mol. The lowest BCUT2D eigenvalue weighted by Crippen LogP contribution is -2.51. The Kier molecular flexibility index (Phi) is 5.59. The van der Waals surface area contributed by atoms with Crippen LogP contribution >= 0.6 is 11.6 Å². The summed E-state index contributed by atoms with van der Waals surface area (Å²) in [5, 5.41) is 9.50. The topological polar surface area (TPSA) is 60.9 Å². The van der Waals surface area contributed by atoms with Crippen LogP contribution in [0, 0.1) is 0 Å². The third-order valence-electron chi connectivity index (χ3n) is 3.66. The quantitative estimate of drug-likeness (QED) is 0.900. The molecule has 2 amide bonds. The normalized spacial score (nSPS) is 15.1. The van der Waals surface area contributed by atoms with Crippen LogP contribution in [0.2, 0.25) is 5.02 Å². The second-order valence-corrected chi connectivity index (χ2v) is 5.48. The average Bonchev–Trinajstić information content (AvgIpc) is 2.53. The number of piperazine rings is 1. The van der Waals surface area contributed by atoms with Gasteiger partial charge in [0.2, 0.25) is 11.8 Å². The molecule has 0 spiro atoms. The van der Waals surface area contributed by atoms with Gasteiger partial charge in [-0.1, -0.05) is 23.7 Å². The maximum absolute atomic E-state index is 12.1. The highest BCUT2D eigenvalue weighted by atomic mass is 35.5. The number of nitrogens with zero attached hydrogens (tertiary/aromatic N) is 2. The van der Waals surface area contributed by atoms with Gasteiger partial charge in [0.05, 0.1) is 0 Å². The SMILES string of the molecule is O=C(CO)N1CCN(C(=O)CCc2ccc(Cl)cc2)CC1. The van der Waals surface area contributed by atoms with Crippen molar-refractivity contribution in [1.82, 2.24) is 9.80 Å². The lowest BCUT2D eigenvalue weighted by atomic mass is 10.1. The van der Waals surface area contributed by atoms with Crippen LogP contribution in [0.25, 0.3) is 0 Å². The summed E-state index contributed by atoms with van der Waals surface area (Å²) in [6.07, 6.45) is 1.14. The summed E-state index contributed by atoms with van der Waals surface area (Å²) in [5.74, 6) is -0.177. The van der Waals surface area contributed by atoms with Crippen LogP contribution in [-0.4, -0.2) is 59.5 Å². The van der Waals surface area contributed by atoms with E-state index in [1.807, 2.05) is 24.3 Å². The smallest absolute Gasteiger partial charge is 0.248 e. The molecule has 1 aliphatic heterocycles. The van der Waals surface area contributed by atoms with E-state index in [0.717, 1.165) is 5.56 Å². The van der Waals surface area contributed by atoms with Crippen LogP contribution in [0.4, 0.5) is 0 Å². The number of carbonyl (C=O) groups excluding carboxylic acids is 2. The molecule has 0 aromatic heterocycles. The molecule has 1 heterocycles. The Morgan fingerprint density at radius 1 is 1.00 bits per heavy atom. The first-order valence-electron chi connectivity index (χ1n) is 7.01. The van der Waals surface area contributed by atoms with E-state index >= 15 is 0 Å². The van der Waals surface area contributed by atoms with Gasteiger partial charge in [0, 0.05) is 37.6 Å². The van der Waals surface area contributed by atoms with Crippen molar-refractivity contribution in [1.29, 1.82) is 0 Å². The molecule has 6 heteroatoms. The molecule has 0 bridgehead atoms. The number of aliphatic hydroxyl groups is 1. The van der Waals surface area contributed by atoms with Crippen LogP contribution in [0.1, 0.15) is 12.0 Å². The van der Waals surface area contributed by atoms with Gasteiger partial charge in [0.25, 0.3) is 0 Å². The highest BCUT2D eigenvalue weighted by Gasteiger charge is 2.23. The highest BCUT2D eigenvalue weighted by molar-refractivity contribution is 6.30. The Labute approximate surface area is 129 Å². The van der Waals surface area contributed by atoms with Crippen molar-refractivity contribution in [3.8, 4) is 0 Å². The first-order valence-corrected chi connectivity index (χ1v) is 7.39. The van der Waals surface area contributed by atoms with E-state index in [9.17, 15) is 9.59 Å². The number of benzene rings is 1. The van der Waals surface area contributed by atoms with Gasteiger partial charge in [-0.2, -0.15) is 0 Å². The summed E-state index contributed by atoms with van der Waals surface area (Å²) < 4.78 is 0. The van der Waals surface area contributed by atoms with Gasteiger partial charge in [-0.3, -0.25) is 9.59 Å². The second-order valence-electron chi connectivity index (χ2n) is 5.05. The molecule has 2 rings (SSSR count). The van der Waals surface area contributed by atoms with Crippen LogP contribution in [-0.2, 0) is 16.0 Å². The summed E-state index contributed by atoms with van der Waals surface area (Å²) in [7, 11) is 0. The van der Waals surface area contributed by atoms with Gasteiger partial charge in [0.1, 0.15) is 6.61 Å². The van der Waals surface area contributed by atoms with Crippen molar-refractivity contribution >= 4 is 23.4 Å². The zero-order valence-corrected chi connectivity index (χ0v) is 12.6. The van der Waals surface area contributed by atoms with E-state index in [1.54, 1.807) is 9.80 Å². The largest absolute Gasteiger partial charge is 0.387 e. The van der Waals surface area contributed by atoms with Crippen LogP contribution in [0.3, 0.4) is 0 Å². The zero-order chi connectivity index (χ0) is 15.2. The van der Waals surface area contributed by atoms with E-state index in [1.165, 1.54) is 0 Å². The molecule has 114 valence electrons. The van der Waals surface area contributed by atoms with E-state index in [4.69, 9.17) is 16.7 Å². The number of halogens is 1. The fourth-order valence-electron chi connectivity index (χ4n) is 2.37. The van der Waals surface area contributed by atoms with Crippen LogP contribution < -0.4 is 0 Å². The van der Waals surface area contributed by atoms with Crippen molar-refractivity contribution < 1.29 is 14.7 Å². The van der Waals surface area contributed by atoms with Crippen molar-refractivity contribution in [2.24, 2.45) is 0 Å². The predicted octanol–water partition coefficient (Wildman–Crippen LogP) is 0.936. The molecule has 1 aromatic carbocycles. The number of amides is 2. The summed E-state index contributed by atoms with van der Waals surface area (Å²) in [6.45, 7) is 1.58. The van der Waals surface area contributed by atoms with Crippen molar-refractivity contribution in [2.75, 3.05) is 32.8 Å². The third kappa shape index (κ3) is 4.44. The van der Waals surface area contributed by atoms with Gasteiger partial charge in [-0.15, -0.1) is 0 Å². The van der Waals surface area contributed by atoms with Gasteiger partial charge >= 0.3 is 0 Å². The molecule has 1 N–H and O–H groups in total. The predicted molar refractivity (Wildman–Crippen MR) is 80.0 cm³/mol. The first-order chi connectivity index (χ1) is 10.1. The Balaban J connectivity index is 1.77. The number of aliphatic hydroxyl groups excluding tert-OH is 1.